The Hall–Kier alpha value is -3.52. The summed E-state index contributed by atoms with van der Waals surface area (Å²) in [5.41, 5.74) is 0.948. The first kappa shape index (κ1) is 33.6. The third kappa shape index (κ3) is 11.0. The minimum absolute atomic E-state index is 0. The van der Waals surface area contributed by atoms with Crippen LogP contribution >= 0.6 is 0 Å². The second kappa shape index (κ2) is 17.9. The molecule has 0 saturated carbocycles. The maximum Gasteiger partial charge on any atom is 1.00 e. The zero-order valence-corrected chi connectivity index (χ0v) is 20.4. The Balaban J connectivity index is 0. The van der Waals surface area contributed by atoms with Crippen LogP contribution in [-0.4, -0.2) is 56.6 Å². The van der Waals surface area contributed by atoms with Crippen LogP contribution in [0.3, 0.4) is 0 Å². The molecule has 0 bridgehead atoms. The maximum atomic E-state index is 11.3. The van der Waals surface area contributed by atoms with E-state index in [4.69, 9.17) is 32.5 Å². The molecule has 1 fully saturated rings. The van der Waals surface area contributed by atoms with Gasteiger partial charge in [0.05, 0.1) is 51.7 Å². The van der Waals surface area contributed by atoms with Crippen LogP contribution < -0.4 is 28.3 Å². The van der Waals surface area contributed by atoms with Crippen molar-refractivity contribution < 1.29 is 58.0 Å². The quantitative estimate of drug-likeness (QED) is 0.401. The van der Waals surface area contributed by atoms with Gasteiger partial charge in [0.1, 0.15) is 11.5 Å². The molecule has 3 rings (SSSR count). The predicted octanol–water partition coefficient (Wildman–Crippen LogP) is 1.99. The van der Waals surface area contributed by atoms with Crippen LogP contribution in [0.2, 0.25) is 0 Å². The van der Waals surface area contributed by atoms with Gasteiger partial charge in [0.2, 0.25) is 0 Å². The Morgan fingerprint density at radius 1 is 0.971 bits per heavy atom. The largest absolute Gasteiger partial charge is 1.00 e. The minimum Gasteiger partial charge on any atom is -0.870 e. The van der Waals surface area contributed by atoms with Gasteiger partial charge in [-0.3, -0.25) is 0 Å². The summed E-state index contributed by atoms with van der Waals surface area (Å²) in [4.78, 5) is 28.3. The summed E-state index contributed by atoms with van der Waals surface area (Å²) >= 11 is 0. The first-order chi connectivity index (χ1) is 15.8. The third-order valence-corrected chi connectivity index (χ3v) is 4.42. The Labute approximate surface area is 216 Å². The van der Waals surface area contributed by atoms with Gasteiger partial charge in [-0.1, -0.05) is 12.1 Å². The van der Waals surface area contributed by atoms with E-state index >= 15 is 0 Å². The van der Waals surface area contributed by atoms with Crippen molar-refractivity contribution in [3.05, 3.63) is 70.4 Å². The molecular formula is C24H27LiN2O8. The van der Waals surface area contributed by atoms with E-state index in [1.807, 2.05) is 0 Å². The standard InChI is InChI=1S/C10H9NO3.C9H7NO3.C5H10O.Li.H2O/c1-11-7-4-5-9(13-2)8(6-7)10(12)14-3;1-10-6-3-4-8(13-2)7(5-6)9(11)12;1-5-3-2-4-6-5;;/h4-6H,2-3H3;3-5H,2H3,(H,11,12);5H,2-4H2,1H3;;1H2/q;;;+1;/p-1. The SMILES string of the molecule is CC1CCCO1.[C-]#[N+]c1ccc(OC)c(C(=O)O)c1.[C-]#[N+]c1ccc(OC)c(C(=O)OC)c1.[Li+].[OH-]. The van der Waals surface area contributed by atoms with Crippen LogP contribution in [0.4, 0.5) is 11.4 Å². The number of rotatable bonds is 4. The van der Waals surface area contributed by atoms with E-state index in [-0.39, 0.29) is 41.2 Å². The van der Waals surface area contributed by atoms with Crippen molar-refractivity contribution in [1.29, 1.82) is 0 Å². The first-order valence-electron chi connectivity index (χ1n) is 9.85. The number of hydrogen-bond acceptors (Lipinski definition) is 7. The van der Waals surface area contributed by atoms with Crippen LogP contribution in [-0.2, 0) is 9.47 Å². The molecule has 11 heteroatoms. The monoisotopic (exact) mass is 478 g/mol. The number of esters is 1. The first-order valence-corrected chi connectivity index (χ1v) is 9.85. The van der Waals surface area contributed by atoms with E-state index in [2.05, 4.69) is 21.4 Å². The molecule has 35 heavy (non-hydrogen) atoms. The number of hydrogen-bond donors (Lipinski definition) is 1. The molecule has 0 amide bonds. The Bertz CT molecular complexity index is 1040. The summed E-state index contributed by atoms with van der Waals surface area (Å²) in [6.45, 7) is 16.6. The van der Waals surface area contributed by atoms with E-state index < -0.39 is 11.9 Å². The van der Waals surface area contributed by atoms with Crippen molar-refractivity contribution in [2.24, 2.45) is 0 Å². The zero-order valence-electron chi connectivity index (χ0n) is 20.4. The van der Waals surface area contributed by atoms with Gasteiger partial charge in [-0.2, -0.15) is 0 Å². The van der Waals surface area contributed by atoms with Crippen LogP contribution in [0.15, 0.2) is 36.4 Å². The van der Waals surface area contributed by atoms with Gasteiger partial charge in [-0.25, -0.2) is 19.3 Å². The number of carboxylic acids is 1. The average molecular weight is 478 g/mol. The van der Waals surface area contributed by atoms with Crippen LogP contribution in [0, 0.1) is 13.1 Å². The second-order valence-electron chi connectivity index (χ2n) is 6.61. The molecule has 0 aromatic heterocycles. The van der Waals surface area contributed by atoms with E-state index in [0.717, 1.165) is 6.61 Å². The number of benzene rings is 2. The molecule has 1 aliphatic heterocycles. The summed E-state index contributed by atoms with van der Waals surface area (Å²) in [6, 6.07) is 8.86. The van der Waals surface area contributed by atoms with Gasteiger partial charge in [-0.15, -0.1) is 0 Å². The van der Waals surface area contributed by atoms with Crippen molar-refractivity contribution in [3.8, 4) is 11.5 Å². The topological polar surface area (TPSA) is 130 Å². The summed E-state index contributed by atoms with van der Waals surface area (Å²) in [5.74, 6) is -0.932. The van der Waals surface area contributed by atoms with Gasteiger partial charge in [0.15, 0.2) is 11.4 Å². The number of ether oxygens (including phenoxy) is 4. The Morgan fingerprint density at radius 2 is 1.46 bits per heavy atom. The summed E-state index contributed by atoms with van der Waals surface area (Å²) in [5, 5.41) is 8.73. The number of nitrogens with zero attached hydrogens (tertiary/aromatic N) is 2. The van der Waals surface area contributed by atoms with Gasteiger partial charge in [0, 0.05) is 6.61 Å². The fourth-order valence-electron chi connectivity index (χ4n) is 2.71. The minimum atomic E-state index is -1.10. The molecule has 1 aliphatic rings. The molecule has 0 aliphatic carbocycles. The summed E-state index contributed by atoms with van der Waals surface area (Å²) in [7, 11) is 4.13. The van der Waals surface area contributed by atoms with Gasteiger partial charge in [0.25, 0.3) is 0 Å². The molecule has 1 atom stereocenters. The fraction of sp³-hybridized carbons (Fsp3) is 0.333. The summed E-state index contributed by atoms with van der Waals surface area (Å²) in [6.07, 6.45) is 3.08. The van der Waals surface area contributed by atoms with Crippen molar-refractivity contribution >= 4 is 23.3 Å². The molecule has 2 aromatic rings. The molecule has 0 radical (unpaired) electrons. The van der Waals surface area contributed by atoms with Crippen molar-refractivity contribution in [2.75, 3.05) is 27.9 Å². The van der Waals surface area contributed by atoms with Crippen LogP contribution in [0.1, 0.15) is 40.5 Å². The molecular weight excluding hydrogens is 451 g/mol. The molecule has 182 valence electrons. The molecule has 1 saturated heterocycles. The summed E-state index contributed by atoms with van der Waals surface area (Å²) < 4.78 is 19.5. The fourth-order valence-corrected chi connectivity index (χ4v) is 2.71. The molecule has 1 heterocycles. The van der Waals surface area contributed by atoms with Crippen LogP contribution in [0.5, 0.6) is 11.5 Å². The number of carboxylic acid groups (broad SMARTS) is 1. The number of methoxy groups -OCH3 is 3. The molecule has 1 unspecified atom stereocenters. The third-order valence-electron chi connectivity index (χ3n) is 4.42. The number of carbonyl (C=O) groups excluding carboxylic acids is 1. The average Bonchev–Trinajstić information content (AvgIpc) is 3.34. The number of carbonyl (C=O) groups is 2. The number of aromatic carboxylic acids is 1. The van der Waals surface area contributed by atoms with Gasteiger partial charge in [-0.05, 0) is 44.0 Å². The maximum absolute atomic E-state index is 11.3. The molecule has 2 N–H and O–H groups in total. The van der Waals surface area contributed by atoms with Crippen molar-refractivity contribution in [3.63, 3.8) is 0 Å². The van der Waals surface area contributed by atoms with Crippen molar-refractivity contribution in [1.82, 2.24) is 0 Å². The predicted molar refractivity (Wildman–Crippen MR) is 123 cm³/mol. The second-order valence-corrected chi connectivity index (χ2v) is 6.61. The normalized spacial score (nSPS) is 12.8. The van der Waals surface area contributed by atoms with E-state index in [1.54, 1.807) is 12.1 Å². The molecule has 2 aromatic carbocycles. The van der Waals surface area contributed by atoms with E-state index in [9.17, 15) is 9.59 Å². The Kier molecular flexibility index (Phi) is 17.2. The van der Waals surface area contributed by atoms with Crippen LogP contribution in [0.25, 0.3) is 9.69 Å². The smallest absolute Gasteiger partial charge is 0.870 e. The van der Waals surface area contributed by atoms with E-state index in [0.29, 0.717) is 23.2 Å². The molecule has 10 nitrogen and oxygen atoms in total. The zero-order chi connectivity index (χ0) is 24.8. The molecule has 0 spiro atoms. The van der Waals surface area contributed by atoms with E-state index in [1.165, 1.54) is 58.4 Å². The van der Waals surface area contributed by atoms with Gasteiger partial charge < -0.3 is 29.5 Å². The van der Waals surface area contributed by atoms with Crippen molar-refractivity contribution in [2.45, 2.75) is 25.9 Å². The Morgan fingerprint density at radius 3 is 1.77 bits per heavy atom. The van der Waals surface area contributed by atoms with Gasteiger partial charge >= 0.3 is 30.8 Å².